The van der Waals surface area contributed by atoms with E-state index in [9.17, 15) is 0 Å². The van der Waals surface area contributed by atoms with Crippen LogP contribution in [0.3, 0.4) is 0 Å². The summed E-state index contributed by atoms with van der Waals surface area (Å²) < 4.78 is 6.80. The third-order valence-corrected chi connectivity index (χ3v) is 3.05. The topological polar surface area (TPSA) is 9.23 Å². The Kier molecular flexibility index (Phi) is 4.52. The van der Waals surface area contributed by atoms with Crippen LogP contribution in [0, 0.1) is 10.5 Å². The number of halogens is 2. The second kappa shape index (κ2) is 5.20. The normalized spacial score (nSPS) is 12.6. The lowest BCUT2D eigenvalue weighted by atomic mass is 10.2. The van der Waals surface area contributed by atoms with Gasteiger partial charge in [-0.15, -0.1) is 0 Å². The molecule has 0 saturated carbocycles. The fourth-order valence-corrected chi connectivity index (χ4v) is 1.49. The molecule has 1 unspecified atom stereocenters. The Morgan fingerprint density at radius 2 is 2.23 bits per heavy atom. The van der Waals surface area contributed by atoms with E-state index in [0.29, 0.717) is 11.4 Å². The first-order chi connectivity index (χ1) is 6.09. The molecule has 1 rings (SSSR count). The quantitative estimate of drug-likeness (QED) is 0.593. The molecule has 0 aliphatic rings. The van der Waals surface area contributed by atoms with Gasteiger partial charge in [-0.1, -0.05) is 22.0 Å². The summed E-state index contributed by atoms with van der Waals surface area (Å²) in [6, 6.07) is 6.15. The molecule has 0 saturated heterocycles. The molecule has 0 aliphatic carbocycles. The first kappa shape index (κ1) is 11.3. The molecule has 3 heteroatoms. The van der Waals surface area contributed by atoms with Crippen LogP contribution in [-0.2, 0) is 0 Å². The maximum Gasteiger partial charge on any atom is 0.120 e. The summed E-state index contributed by atoms with van der Waals surface area (Å²) >= 11 is 5.75. The van der Waals surface area contributed by atoms with Gasteiger partial charge in [0.1, 0.15) is 12.4 Å². The zero-order valence-corrected chi connectivity index (χ0v) is 11.4. The van der Waals surface area contributed by atoms with Gasteiger partial charge in [0.15, 0.2) is 0 Å². The Balaban J connectivity index is 2.63. The summed E-state index contributed by atoms with van der Waals surface area (Å²) in [5.74, 6) is 0.946. The molecule has 1 aromatic rings. The van der Waals surface area contributed by atoms with Crippen LogP contribution in [0.2, 0.25) is 0 Å². The Morgan fingerprint density at radius 3 is 2.77 bits per heavy atom. The molecule has 0 spiro atoms. The van der Waals surface area contributed by atoms with Gasteiger partial charge in [0, 0.05) is 8.40 Å². The minimum atomic E-state index is 0.395. The van der Waals surface area contributed by atoms with Crippen LogP contribution in [-0.4, -0.2) is 11.4 Å². The van der Waals surface area contributed by atoms with Gasteiger partial charge in [0.2, 0.25) is 0 Å². The van der Waals surface area contributed by atoms with Crippen molar-refractivity contribution in [1.29, 1.82) is 0 Å². The molecule has 0 radical (unpaired) electrons. The maximum atomic E-state index is 5.55. The SMILES string of the molecule is Cc1ccc(OCC(C)Br)cc1I. The average Bonchev–Trinajstić information content (AvgIpc) is 2.07. The van der Waals surface area contributed by atoms with E-state index in [4.69, 9.17) is 4.74 Å². The molecule has 13 heavy (non-hydrogen) atoms. The van der Waals surface area contributed by atoms with Gasteiger partial charge >= 0.3 is 0 Å². The Bertz CT molecular complexity index is 286. The van der Waals surface area contributed by atoms with Crippen LogP contribution >= 0.6 is 38.5 Å². The van der Waals surface area contributed by atoms with Crippen molar-refractivity contribution in [2.24, 2.45) is 0 Å². The highest BCUT2D eigenvalue weighted by Crippen LogP contribution is 2.19. The van der Waals surface area contributed by atoms with E-state index in [0.717, 1.165) is 5.75 Å². The lowest BCUT2D eigenvalue weighted by Crippen LogP contribution is -2.06. The van der Waals surface area contributed by atoms with Gasteiger partial charge in [-0.3, -0.25) is 0 Å². The number of benzene rings is 1. The van der Waals surface area contributed by atoms with Crippen molar-refractivity contribution in [3.8, 4) is 5.75 Å². The van der Waals surface area contributed by atoms with Gasteiger partial charge in [0.05, 0.1) is 0 Å². The predicted molar refractivity (Wildman–Crippen MR) is 67.8 cm³/mol. The highest BCUT2D eigenvalue weighted by molar-refractivity contribution is 14.1. The predicted octanol–water partition coefficient (Wildman–Crippen LogP) is 3.76. The molecule has 0 fully saturated rings. The lowest BCUT2D eigenvalue weighted by Gasteiger charge is -2.08. The summed E-state index contributed by atoms with van der Waals surface area (Å²) in [5, 5.41) is 0. The summed E-state index contributed by atoms with van der Waals surface area (Å²) in [6.45, 7) is 4.87. The minimum absolute atomic E-state index is 0.395. The first-order valence-electron chi connectivity index (χ1n) is 4.12. The molecule has 0 N–H and O–H groups in total. The molecule has 1 nitrogen and oxygen atoms in total. The fourth-order valence-electron chi connectivity index (χ4n) is 0.874. The second-order valence-corrected chi connectivity index (χ2v) is 5.73. The van der Waals surface area contributed by atoms with Crippen molar-refractivity contribution < 1.29 is 4.74 Å². The Labute approximate surface area is 101 Å². The number of aryl methyl sites for hydroxylation is 1. The third-order valence-electron chi connectivity index (χ3n) is 1.62. The van der Waals surface area contributed by atoms with Crippen LogP contribution in [0.4, 0.5) is 0 Å². The first-order valence-corrected chi connectivity index (χ1v) is 6.12. The molecule has 0 aromatic heterocycles. The van der Waals surface area contributed by atoms with Crippen LogP contribution in [0.15, 0.2) is 18.2 Å². The largest absolute Gasteiger partial charge is 0.492 e. The number of ether oxygens (including phenoxy) is 1. The number of alkyl halides is 1. The highest BCUT2D eigenvalue weighted by Gasteiger charge is 2.00. The van der Waals surface area contributed by atoms with E-state index in [1.165, 1.54) is 9.13 Å². The standard InChI is InChI=1S/C10H12BrIO/c1-7-3-4-9(5-10(7)12)13-6-8(2)11/h3-5,8H,6H2,1-2H3. The molecular weight excluding hydrogens is 343 g/mol. The van der Waals surface area contributed by atoms with Gasteiger partial charge in [-0.2, -0.15) is 0 Å². The smallest absolute Gasteiger partial charge is 0.120 e. The molecule has 72 valence electrons. The van der Waals surface area contributed by atoms with Gasteiger partial charge in [0.25, 0.3) is 0 Å². The van der Waals surface area contributed by atoms with E-state index in [1.54, 1.807) is 0 Å². The van der Waals surface area contributed by atoms with Crippen LogP contribution in [0.1, 0.15) is 12.5 Å². The maximum absolute atomic E-state index is 5.55. The van der Waals surface area contributed by atoms with Gasteiger partial charge in [-0.05, 0) is 54.1 Å². The molecule has 0 heterocycles. The van der Waals surface area contributed by atoms with Crippen LogP contribution in [0.25, 0.3) is 0 Å². The lowest BCUT2D eigenvalue weighted by molar-refractivity contribution is 0.324. The summed E-state index contributed by atoms with van der Waals surface area (Å²) in [6.07, 6.45) is 0. The summed E-state index contributed by atoms with van der Waals surface area (Å²) in [7, 11) is 0. The summed E-state index contributed by atoms with van der Waals surface area (Å²) in [4.78, 5) is 0.395. The Morgan fingerprint density at radius 1 is 1.54 bits per heavy atom. The molecule has 1 atom stereocenters. The van der Waals surface area contributed by atoms with Crippen molar-refractivity contribution in [2.75, 3.05) is 6.61 Å². The van der Waals surface area contributed by atoms with E-state index >= 15 is 0 Å². The van der Waals surface area contributed by atoms with Crippen molar-refractivity contribution in [1.82, 2.24) is 0 Å². The van der Waals surface area contributed by atoms with Crippen LogP contribution in [0.5, 0.6) is 5.75 Å². The molecule has 0 bridgehead atoms. The number of rotatable bonds is 3. The van der Waals surface area contributed by atoms with E-state index < -0.39 is 0 Å². The van der Waals surface area contributed by atoms with Gasteiger partial charge in [-0.25, -0.2) is 0 Å². The third kappa shape index (κ3) is 3.85. The van der Waals surface area contributed by atoms with Crippen LogP contribution < -0.4 is 4.74 Å². The highest BCUT2D eigenvalue weighted by atomic mass is 127. The molecule has 1 aromatic carbocycles. The molecule has 0 aliphatic heterocycles. The second-order valence-electron chi connectivity index (χ2n) is 3.00. The zero-order valence-electron chi connectivity index (χ0n) is 7.68. The number of hydrogen-bond acceptors (Lipinski definition) is 1. The number of hydrogen-bond donors (Lipinski definition) is 0. The zero-order chi connectivity index (χ0) is 9.84. The monoisotopic (exact) mass is 354 g/mol. The van der Waals surface area contributed by atoms with Crippen molar-refractivity contribution in [3.05, 3.63) is 27.3 Å². The Hall–Kier alpha value is 0.230. The van der Waals surface area contributed by atoms with E-state index in [-0.39, 0.29) is 0 Å². The van der Waals surface area contributed by atoms with Crippen molar-refractivity contribution >= 4 is 38.5 Å². The van der Waals surface area contributed by atoms with E-state index in [1.807, 2.05) is 6.07 Å². The van der Waals surface area contributed by atoms with E-state index in [2.05, 4.69) is 64.5 Å². The fraction of sp³-hybridized carbons (Fsp3) is 0.400. The van der Waals surface area contributed by atoms with Gasteiger partial charge < -0.3 is 4.74 Å². The van der Waals surface area contributed by atoms with Crippen molar-refractivity contribution in [3.63, 3.8) is 0 Å². The van der Waals surface area contributed by atoms with Crippen molar-refractivity contribution in [2.45, 2.75) is 18.7 Å². The average molecular weight is 355 g/mol. The molecule has 0 amide bonds. The minimum Gasteiger partial charge on any atom is -0.492 e. The summed E-state index contributed by atoms with van der Waals surface area (Å²) in [5.41, 5.74) is 1.29. The molecular formula is C10H12BrIO.